The zero-order chi connectivity index (χ0) is 15.5. The standard InChI is InChI=1S/C16H18.2C2H6/c1-4-6-13-8-9-14-11-12(3)7-10-16(14)15(13)5-2;2*1-2/h4-10,12H,2,11H2,1,3H3;2*1-2H3/b6-4-;;. The quantitative estimate of drug-likeness (QED) is 0.566. The van der Waals surface area contributed by atoms with E-state index in [0.717, 1.165) is 6.42 Å². The third-order valence-electron chi connectivity index (χ3n) is 3.09. The van der Waals surface area contributed by atoms with E-state index in [1.54, 1.807) is 0 Å². The van der Waals surface area contributed by atoms with Gasteiger partial charge in [0.05, 0.1) is 0 Å². The van der Waals surface area contributed by atoms with Crippen LogP contribution in [0.4, 0.5) is 0 Å². The van der Waals surface area contributed by atoms with E-state index in [4.69, 9.17) is 0 Å². The predicted octanol–water partition coefficient (Wildman–Crippen LogP) is 6.62. The molecular formula is C20H30. The highest BCUT2D eigenvalue weighted by Gasteiger charge is 2.13. The van der Waals surface area contributed by atoms with Gasteiger partial charge in [-0.3, -0.25) is 0 Å². The Morgan fingerprint density at radius 1 is 1.15 bits per heavy atom. The normalized spacial score (nSPS) is 15.6. The molecule has 0 heterocycles. The molecule has 110 valence electrons. The van der Waals surface area contributed by atoms with Crippen LogP contribution >= 0.6 is 0 Å². The van der Waals surface area contributed by atoms with Gasteiger partial charge in [0.1, 0.15) is 0 Å². The van der Waals surface area contributed by atoms with Crippen LogP contribution in [0.25, 0.3) is 18.2 Å². The maximum atomic E-state index is 3.93. The first-order valence-electron chi connectivity index (χ1n) is 7.85. The van der Waals surface area contributed by atoms with Gasteiger partial charge < -0.3 is 0 Å². The van der Waals surface area contributed by atoms with Crippen molar-refractivity contribution in [3.05, 3.63) is 53.1 Å². The second kappa shape index (κ2) is 10.3. The Balaban J connectivity index is 0.000000829. The monoisotopic (exact) mass is 270 g/mol. The second-order valence-corrected chi connectivity index (χ2v) is 4.39. The average molecular weight is 270 g/mol. The summed E-state index contributed by atoms with van der Waals surface area (Å²) in [5.41, 5.74) is 5.32. The highest BCUT2D eigenvalue weighted by molar-refractivity contribution is 5.76. The van der Waals surface area contributed by atoms with Crippen LogP contribution in [0, 0.1) is 5.92 Å². The Hall–Kier alpha value is -1.56. The Bertz CT molecular complexity index is 461. The lowest BCUT2D eigenvalue weighted by Gasteiger charge is -2.19. The van der Waals surface area contributed by atoms with Gasteiger partial charge in [-0.05, 0) is 41.5 Å². The largest absolute Gasteiger partial charge is 0.0984 e. The van der Waals surface area contributed by atoms with Crippen LogP contribution in [0.2, 0.25) is 0 Å². The van der Waals surface area contributed by atoms with Crippen molar-refractivity contribution >= 4 is 18.2 Å². The molecule has 0 saturated heterocycles. The summed E-state index contributed by atoms with van der Waals surface area (Å²) in [6.07, 6.45) is 11.9. The molecule has 1 unspecified atom stereocenters. The van der Waals surface area contributed by atoms with E-state index in [1.807, 2.05) is 40.7 Å². The van der Waals surface area contributed by atoms with Gasteiger partial charge in [-0.15, -0.1) is 0 Å². The topological polar surface area (TPSA) is 0 Å². The summed E-state index contributed by atoms with van der Waals surface area (Å²) in [5.74, 6) is 0.651. The van der Waals surface area contributed by atoms with Gasteiger partial charge in [-0.2, -0.15) is 0 Å². The number of rotatable bonds is 2. The molecule has 0 radical (unpaired) electrons. The molecule has 0 spiro atoms. The summed E-state index contributed by atoms with van der Waals surface area (Å²) < 4.78 is 0. The number of fused-ring (bicyclic) bond motifs is 1. The summed E-state index contributed by atoms with van der Waals surface area (Å²) in [5, 5.41) is 0. The van der Waals surface area contributed by atoms with E-state index >= 15 is 0 Å². The first-order chi connectivity index (χ1) is 9.76. The first kappa shape index (κ1) is 18.4. The van der Waals surface area contributed by atoms with Crippen molar-refractivity contribution < 1.29 is 0 Å². The maximum absolute atomic E-state index is 3.93. The van der Waals surface area contributed by atoms with E-state index < -0.39 is 0 Å². The van der Waals surface area contributed by atoms with Crippen LogP contribution in [-0.2, 0) is 6.42 Å². The van der Waals surface area contributed by atoms with Gasteiger partial charge in [-0.1, -0.05) is 83.7 Å². The number of hydrogen-bond donors (Lipinski definition) is 0. The van der Waals surface area contributed by atoms with E-state index in [2.05, 4.69) is 49.9 Å². The molecule has 0 bridgehead atoms. The number of allylic oxidation sites excluding steroid dienone is 2. The first-order valence-corrected chi connectivity index (χ1v) is 7.85. The molecule has 20 heavy (non-hydrogen) atoms. The van der Waals surface area contributed by atoms with Crippen molar-refractivity contribution in [1.82, 2.24) is 0 Å². The van der Waals surface area contributed by atoms with Crippen LogP contribution in [0.5, 0.6) is 0 Å². The van der Waals surface area contributed by atoms with Crippen molar-refractivity contribution in [2.24, 2.45) is 5.92 Å². The molecule has 1 aliphatic rings. The lowest BCUT2D eigenvalue weighted by molar-refractivity contribution is 0.717. The van der Waals surface area contributed by atoms with Gasteiger partial charge in [-0.25, -0.2) is 0 Å². The van der Waals surface area contributed by atoms with Gasteiger partial charge in [0.2, 0.25) is 0 Å². The van der Waals surface area contributed by atoms with E-state index in [1.165, 1.54) is 22.3 Å². The zero-order valence-corrected chi connectivity index (χ0v) is 14.0. The highest BCUT2D eigenvalue weighted by Crippen LogP contribution is 2.29. The van der Waals surface area contributed by atoms with Crippen LogP contribution in [0.15, 0.2) is 30.9 Å². The molecule has 0 nitrogen and oxygen atoms in total. The highest BCUT2D eigenvalue weighted by atomic mass is 14.2. The fourth-order valence-corrected chi connectivity index (χ4v) is 2.30. The predicted molar refractivity (Wildman–Crippen MR) is 95.8 cm³/mol. The fourth-order valence-electron chi connectivity index (χ4n) is 2.30. The number of hydrogen-bond acceptors (Lipinski definition) is 0. The third-order valence-corrected chi connectivity index (χ3v) is 3.09. The molecule has 0 fully saturated rings. The maximum Gasteiger partial charge on any atom is -0.0115 e. The minimum atomic E-state index is 0.651. The molecule has 1 aromatic rings. The molecular weight excluding hydrogens is 240 g/mol. The van der Waals surface area contributed by atoms with E-state index in [9.17, 15) is 0 Å². The molecule has 1 aliphatic carbocycles. The van der Waals surface area contributed by atoms with E-state index in [-0.39, 0.29) is 0 Å². The summed E-state index contributed by atoms with van der Waals surface area (Å²) in [7, 11) is 0. The second-order valence-electron chi connectivity index (χ2n) is 4.39. The molecule has 0 heteroatoms. The SMILES string of the molecule is C=Cc1c(/C=C\C)ccc2c1C=CC(C)C2.CC.CC. The molecule has 0 saturated carbocycles. The molecule has 1 aromatic carbocycles. The molecule has 0 amide bonds. The van der Waals surface area contributed by atoms with Crippen molar-refractivity contribution in [2.75, 3.05) is 0 Å². The zero-order valence-electron chi connectivity index (χ0n) is 14.0. The minimum Gasteiger partial charge on any atom is -0.0984 e. The Morgan fingerprint density at radius 3 is 2.35 bits per heavy atom. The van der Waals surface area contributed by atoms with E-state index in [0.29, 0.717) is 5.92 Å². The lowest BCUT2D eigenvalue weighted by Crippen LogP contribution is -2.05. The van der Waals surface area contributed by atoms with Crippen molar-refractivity contribution in [2.45, 2.75) is 48.0 Å². The van der Waals surface area contributed by atoms with Crippen LogP contribution in [-0.4, -0.2) is 0 Å². The minimum absolute atomic E-state index is 0.651. The molecule has 0 aromatic heterocycles. The van der Waals surface area contributed by atoms with Gasteiger partial charge >= 0.3 is 0 Å². The van der Waals surface area contributed by atoms with Crippen molar-refractivity contribution in [1.29, 1.82) is 0 Å². The summed E-state index contributed by atoms with van der Waals surface area (Å²) in [4.78, 5) is 0. The number of benzene rings is 1. The van der Waals surface area contributed by atoms with Crippen LogP contribution < -0.4 is 0 Å². The summed E-state index contributed by atoms with van der Waals surface area (Å²) >= 11 is 0. The van der Waals surface area contributed by atoms with Crippen molar-refractivity contribution in [3.8, 4) is 0 Å². The smallest absolute Gasteiger partial charge is 0.0115 e. The Labute approximate surface area is 125 Å². The third kappa shape index (κ3) is 4.52. The van der Waals surface area contributed by atoms with Crippen LogP contribution in [0.1, 0.15) is 63.8 Å². The molecule has 0 N–H and O–H groups in total. The summed E-state index contributed by atoms with van der Waals surface area (Å²) in [6.45, 7) is 16.2. The molecule has 0 aliphatic heterocycles. The Kier molecular flexibility index (Phi) is 9.45. The Morgan fingerprint density at radius 2 is 1.80 bits per heavy atom. The van der Waals surface area contributed by atoms with Gasteiger partial charge in [0.25, 0.3) is 0 Å². The van der Waals surface area contributed by atoms with Gasteiger partial charge in [0, 0.05) is 0 Å². The molecule has 1 atom stereocenters. The summed E-state index contributed by atoms with van der Waals surface area (Å²) in [6, 6.07) is 4.44. The van der Waals surface area contributed by atoms with Crippen LogP contribution in [0.3, 0.4) is 0 Å². The van der Waals surface area contributed by atoms with Gasteiger partial charge in [0.15, 0.2) is 0 Å². The fraction of sp³-hybridized carbons (Fsp3) is 0.400. The molecule has 2 rings (SSSR count). The lowest BCUT2D eigenvalue weighted by atomic mass is 9.86. The van der Waals surface area contributed by atoms with Crippen molar-refractivity contribution in [3.63, 3.8) is 0 Å². The average Bonchev–Trinajstić information content (AvgIpc) is 2.51.